The van der Waals surface area contributed by atoms with Crippen molar-refractivity contribution in [2.45, 2.75) is 6.92 Å². The van der Waals surface area contributed by atoms with Crippen LogP contribution in [0.15, 0.2) is 6.07 Å². The van der Waals surface area contributed by atoms with E-state index in [4.69, 9.17) is 23.2 Å². The Morgan fingerprint density at radius 1 is 1.07 bits per heavy atom. The summed E-state index contributed by atoms with van der Waals surface area (Å²) in [6.45, 7) is 1.37. The minimum absolute atomic E-state index is 0.109. The fourth-order valence-electron chi connectivity index (χ4n) is 1.01. The summed E-state index contributed by atoms with van der Waals surface area (Å²) in [5.74, 6) is 0. The maximum atomic E-state index is 10.5. The van der Waals surface area contributed by atoms with Gasteiger partial charge in [-0.25, -0.2) is 0 Å². The molecule has 8 heteroatoms. The second-order valence-electron chi connectivity index (χ2n) is 2.68. The molecule has 1 aromatic rings. The zero-order chi connectivity index (χ0) is 11.7. The lowest BCUT2D eigenvalue weighted by atomic mass is 10.2. The molecule has 0 radical (unpaired) electrons. The quantitative estimate of drug-likeness (QED) is 0.596. The maximum absolute atomic E-state index is 10.5. The van der Waals surface area contributed by atoms with Gasteiger partial charge in [-0.1, -0.05) is 23.2 Å². The van der Waals surface area contributed by atoms with Gasteiger partial charge in [0.05, 0.1) is 20.9 Å². The SMILES string of the molecule is Cc1c([N+](=O)[O-])cc([N+](=O)[O-])c(Cl)c1Cl. The Morgan fingerprint density at radius 3 is 1.93 bits per heavy atom. The van der Waals surface area contributed by atoms with Crippen LogP contribution in [-0.2, 0) is 0 Å². The van der Waals surface area contributed by atoms with E-state index in [2.05, 4.69) is 0 Å². The van der Waals surface area contributed by atoms with Gasteiger partial charge in [0.15, 0.2) is 0 Å². The molecule has 0 heterocycles. The Kier molecular flexibility index (Phi) is 3.11. The highest BCUT2D eigenvalue weighted by Crippen LogP contribution is 2.39. The predicted molar refractivity (Wildman–Crippen MR) is 54.5 cm³/mol. The van der Waals surface area contributed by atoms with Crippen molar-refractivity contribution < 1.29 is 9.85 Å². The van der Waals surface area contributed by atoms with E-state index in [-0.39, 0.29) is 15.6 Å². The molecule has 0 saturated carbocycles. The van der Waals surface area contributed by atoms with Crippen LogP contribution in [0.5, 0.6) is 0 Å². The highest BCUT2D eigenvalue weighted by atomic mass is 35.5. The second kappa shape index (κ2) is 4.00. The van der Waals surface area contributed by atoms with Crippen molar-refractivity contribution in [2.24, 2.45) is 0 Å². The molecule has 0 bridgehead atoms. The average Bonchev–Trinajstić information content (AvgIpc) is 2.13. The van der Waals surface area contributed by atoms with E-state index in [9.17, 15) is 20.2 Å². The van der Waals surface area contributed by atoms with Crippen molar-refractivity contribution in [3.63, 3.8) is 0 Å². The van der Waals surface area contributed by atoms with E-state index in [0.29, 0.717) is 0 Å². The van der Waals surface area contributed by atoms with Gasteiger partial charge in [-0.05, 0) is 6.92 Å². The molecule has 0 fully saturated rings. The van der Waals surface area contributed by atoms with Gasteiger partial charge in [0.1, 0.15) is 5.02 Å². The first-order chi connectivity index (χ1) is 6.86. The van der Waals surface area contributed by atoms with Gasteiger partial charge in [-0.15, -0.1) is 0 Å². The van der Waals surface area contributed by atoms with Gasteiger partial charge < -0.3 is 0 Å². The van der Waals surface area contributed by atoms with Crippen molar-refractivity contribution in [1.82, 2.24) is 0 Å². The first kappa shape index (κ1) is 11.7. The van der Waals surface area contributed by atoms with Crippen LogP contribution >= 0.6 is 23.2 Å². The van der Waals surface area contributed by atoms with E-state index < -0.39 is 21.2 Å². The second-order valence-corrected chi connectivity index (χ2v) is 3.44. The summed E-state index contributed by atoms with van der Waals surface area (Å²) < 4.78 is 0. The Morgan fingerprint density at radius 2 is 1.53 bits per heavy atom. The molecule has 0 aliphatic carbocycles. The number of hydrogen-bond donors (Lipinski definition) is 0. The van der Waals surface area contributed by atoms with Gasteiger partial charge in [0, 0.05) is 5.56 Å². The van der Waals surface area contributed by atoms with Crippen molar-refractivity contribution in [2.75, 3.05) is 0 Å². The predicted octanol–water partition coefficient (Wildman–Crippen LogP) is 3.12. The Labute approximate surface area is 93.7 Å². The van der Waals surface area contributed by atoms with Crippen molar-refractivity contribution in [3.05, 3.63) is 41.9 Å². The van der Waals surface area contributed by atoms with Crippen molar-refractivity contribution >= 4 is 34.6 Å². The number of nitrogens with zero attached hydrogens (tertiary/aromatic N) is 2. The summed E-state index contributed by atoms with van der Waals surface area (Å²) in [7, 11) is 0. The fourth-order valence-corrected chi connectivity index (χ4v) is 1.47. The summed E-state index contributed by atoms with van der Waals surface area (Å²) in [6.07, 6.45) is 0. The molecule has 0 atom stereocenters. The number of nitro benzene ring substituents is 2. The number of hydrogen-bond acceptors (Lipinski definition) is 4. The lowest BCUT2D eigenvalue weighted by molar-refractivity contribution is -0.394. The molecule has 0 aromatic heterocycles. The number of rotatable bonds is 2. The van der Waals surface area contributed by atoms with Crippen LogP contribution in [0.25, 0.3) is 0 Å². The maximum Gasteiger partial charge on any atom is 0.296 e. The third kappa shape index (κ3) is 2.00. The molecule has 0 unspecified atom stereocenters. The zero-order valence-corrected chi connectivity index (χ0v) is 8.87. The first-order valence-electron chi connectivity index (χ1n) is 3.63. The highest BCUT2D eigenvalue weighted by Gasteiger charge is 2.25. The van der Waals surface area contributed by atoms with E-state index in [1.807, 2.05) is 0 Å². The summed E-state index contributed by atoms with van der Waals surface area (Å²) in [6, 6.07) is 0.795. The molecule has 6 nitrogen and oxygen atoms in total. The van der Waals surface area contributed by atoms with Crippen LogP contribution in [0.1, 0.15) is 5.56 Å². The molecular formula is C7H4Cl2N2O4. The van der Waals surface area contributed by atoms with E-state index >= 15 is 0 Å². The van der Waals surface area contributed by atoms with Gasteiger partial charge >= 0.3 is 0 Å². The monoisotopic (exact) mass is 250 g/mol. The normalized spacial score (nSPS) is 10.1. The minimum Gasteiger partial charge on any atom is -0.258 e. The highest BCUT2D eigenvalue weighted by molar-refractivity contribution is 6.44. The molecule has 1 aromatic carbocycles. The molecule has 0 aliphatic rings. The van der Waals surface area contributed by atoms with Gasteiger partial charge in [-0.3, -0.25) is 20.2 Å². The molecule has 0 spiro atoms. The van der Waals surface area contributed by atoms with Crippen molar-refractivity contribution in [1.29, 1.82) is 0 Å². The van der Waals surface area contributed by atoms with Crippen LogP contribution < -0.4 is 0 Å². The van der Waals surface area contributed by atoms with E-state index in [0.717, 1.165) is 6.07 Å². The topological polar surface area (TPSA) is 86.3 Å². The lowest BCUT2D eigenvalue weighted by Gasteiger charge is -2.02. The third-order valence-electron chi connectivity index (χ3n) is 1.80. The Balaban J connectivity index is 3.59. The average molecular weight is 251 g/mol. The van der Waals surface area contributed by atoms with Crippen LogP contribution in [-0.4, -0.2) is 9.85 Å². The number of benzene rings is 1. The van der Waals surface area contributed by atoms with Crippen LogP contribution in [0, 0.1) is 27.2 Å². The molecular weight excluding hydrogens is 247 g/mol. The van der Waals surface area contributed by atoms with Crippen LogP contribution in [0.3, 0.4) is 0 Å². The molecule has 80 valence electrons. The van der Waals surface area contributed by atoms with E-state index in [1.165, 1.54) is 6.92 Å². The van der Waals surface area contributed by atoms with Gasteiger partial charge in [0.2, 0.25) is 0 Å². The zero-order valence-electron chi connectivity index (χ0n) is 7.36. The first-order valence-corrected chi connectivity index (χ1v) is 4.39. The third-order valence-corrected chi connectivity index (χ3v) is 2.75. The molecule has 0 amide bonds. The molecule has 0 aliphatic heterocycles. The molecule has 1 rings (SSSR count). The summed E-state index contributed by atoms with van der Waals surface area (Å²) in [5, 5.41) is 20.6. The Hall–Kier alpha value is -1.40. The lowest BCUT2D eigenvalue weighted by Crippen LogP contribution is -1.97. The smallest absolute Gasteiger partial charge is 0.258 e. The van der Waals surface area contributed by atoms with Crippen LogP contribution in [0.2, 0.25) is 10.0 Å². The molecule has 15 heavy (non-hydrogen) atoms. The van der Waals surface area contributed by atoms with Crippen LogP contribution in [0.4, 0.5) is 11.4 Å². The number of nitro groups is 2. The summed E-state index contributed by atoms with van der Waals surface area (Å²) in [5.41, 5.74) is -0.882. The van der Waals surface area contributed by atoms with Gasteiger partial charge in [0.25, 0.3) is 11.4 Å². The van der Waals surface area contributed by atoms with Crippen molar-refractivity contribution in [3.8, 4) is 0 Å². The summed E-state index contributed by atoms with van der Waals surface area (Å²) >= 11 is 11.2. The summed E-state index contributed by atoms with van der Waals surface area (Å²) in [4.78, 5) is 19.5. The van der Waals surface area contributed by atoms with E-state index in [1.54, 1.807) is 0 Å². The minimum atomic E-state index is -0.819. The van der Waals surface area contributed by atoms with Gasteiger partial charge in [-0.2, -0.15) is 0 Å². The molecule has 0 saturated heterocycles. The largest absolute Gasteiger partial charge is 0.296 e. The fraction of sp³-hybridized carbons (Fsp3) is 0.143. The standard InChI is InChI=1S/C7H4Cl2N2O4/c1-3-4(10(12)13)2-5(11(14)15)7(9)6(3)8/h2H,1H3. The molecule has 0 N–H and O–H groups in total. The number of halogens is 2. The Bertz CT molecular complexity index is 423.